The van der Waals surface area contributed by atoms with Crippen molar-refractivity contribution in [3.63, 3.8) is 0 Å². The first kappa shape index (κ1) is 12.7. The van der Waals surface area contributed by atoms with Crippen LogP contribution in [0.3, 0.4) is 0 Å². The van der Waals surface area contributed by atoms with Crippen molar-refractivity contribution in [1.82, 2.24) is 10.6 Å². The van der Waals surface area contributed by atoms with Crippen molar-refractivity contribution in [2.75, 3.05) is 13.1 Å². The molecule has 1 heterocycles. The van der Waals surface area contributed by atoms with E-state index >= 15 is 0 Å². The summed E-state index contributed by atoms with van der Waals surface area (Å²) < 4.78 is 0. The van der Waals surface area contributed by atoms with Gasteiger partial charge in [0.25, 0.3) is 0 Å². The summed E-state index contributed by atoms with van der Waals surface area (Å²) in [6, 6.07) is 8.61. The zero-order chi connectivity index (χ0) is 13.3. The Morgan fingerprint density at radius 3 is 2.63 bits per heavy atom. The molecule has 1 aromatic rings. The van der Waals surface area contributed by atoms with Crippen molar-refractivity contribution >= 4 is 5.91 Å². The fourth-order valence-electron chi connectivity index (χ4n) is 3.22. The monoisotopic (exact) mass is 258 g/mol. The summed E-state index contributed by atoms with van der Waals surface area (Å²) in [5.74, 6) is 0.393. The highest BCUT2D eigenvalue weighted by Gasteiger charge is 2.39. The Hall–Kier alpha value is -1.35. The fourth-order valence-corrected chi connectivity index (χ4v) is 3.22. The van der Waals surface area contributed by atoms with Crippen LogP contribution in [0, 0.1) is 12.8 Å². The summed E-state index contributed by atoms with van der Waals surface area (Å²) >= 11 is 0. The van der Waals surface area contributed by atoms with Crippen LogP contribution < -0.4 is 10.6 Å². The molecule has 0 bridgehead atoms. The molecule has 1 aromatic carbocycles. The predicted molar refractivity (Wildman–Crippen MR) is 75.8 cm³/mol. The molecule has 3 rings (SSSR count). The van der Waals surface area contributed by atoms with Gasteiger partial charge in [-0.15, -0.1) is 0 Å². The van der Waals surface area contributed by atoms with E-state index in [1.54, 1.807) is 0 Å². The molecule has 1 aliphatic carbocycles. The lowest BCUT2D eigenvalue weighted by atomic mass is 9.86. The van der Waals surface area contributed by atoms with Gasteiger partial charge in [0.05, 0.1) is 11.5 Å². The molecule has 0 atom stereocenters. The normalized spacial score (nSPS) is 21.9. The number of hydrogen-bond donors (Lipinski definition) is 2. The van der Waals surface area contributed by atoms with Crippen LogP contribution in [-0.4, -0.2) is 19.0 Å². The molecule has 1 aliphatic heterocycles. The number of benzene rings is 1. The molecule has 1 saturated heterocycles. The number of hydrogen-bond acceptors (Lipinski definition) is 2. The van der Waals surface area contributed by atoms with Crippen LogP contribution in [0.4, 0.5) is 0 Å². The van der Waals surface area contributed by atoms with E-state index in [1.807, 2.05) is 0 Å². The van der Waals surface area contributed by atoms with Gasteiger partial charge < -0.3 is 10.6 Å². The van der Waals surface area contributed by atoms with E-state index in [-0.39, 0.29) is 17.4 Å². The minimum Gasteiger partial charge on any atom is -0.346 e. The average Bonchev–Trinajstić information content (AvgIpc) is 2.76. The first-order chi connectivity index (χ1) is 9.20. The first-order valence-electron chi connectivity index (χ1n) is 7.29. The number of nitrogens with one attached hydrogen (secondary N) is 2. The maximum atomic E-state index is 12.3. The van der Waals surface area contributed by atoms with Gasteiger partial charge in [0.15, 0.2) is 0 Å². The Balaban J connectivity index is 1.84. The highest BCUT2D eigenvalue weighted by Crippen LogP contribution is 2.39. The van der Waals surface area contributed by atoms with Crippen molar-refractivity contribution in [3.8, 4) is 0 Å². The molecule has 2 aliphatic rings. The van der Waals surface area contributed by atoms with Crippen LogP contribution in [0.2, 0.25) is 0 Å². The van der Waals surface area contributed by atoms with Crippen molar-refractivity contribution in [1.29, 1.82) is 0 Å². The van der Waals surface area contributed by atoms with Gasteiger partial charge in [-0.05, 0) is 25.3 Å². The molecule has 102 valence electrons. The Kier molecular flexibility index (Phi) is 3.31. The van der Waals surface area contributed by atoms with Gasteiger partial charge in [0.2, 0.25) is 5.91 Å². The van der Waals surface area contributed by atoms with Gasteiger partial charge in [-0.2, -0.15) is 0 Å². The van der Waals surface area contributed by atoms with Crippen LogP contribution in [0.15, 0.2) is 24.3 Å². The van der Waals surface area contributed by atoms with Crippen molar-refractivity contribution in [2.24, 2.45) is 5.92 Å². The first-order valence-corrected chi connectivity index (χ1v) is 7.29. The van der Waals surface area contributed by atoms with E-state index in [2.05, 4.69) is 41.8 Å². The van der Waals surface area contributed by atoms with Gasteiger partial charge in [-0.25, -0.2) is 0 Å². The highest BCUT2D eigenvalue weighted by atomic mass is 16.2. The quantitative estimate of drug-likeness (QED) is 0.871. The lowest BCUT2D eigenvalue weighted by Gasteiger charge is -2.35. The minimum absolute atomic E-state index is 0.112. The SMILES string of the molecule is Cc1cccc(C2(NC(=O)C3CNC3)CCCC2)c1. The second kappa shape index (κ2) is 4.97. The van der Waals surface area contributed by atoms with Gasteiger partial charge in [-0.1, -0.05) is 42.7 Å². The highest BCUT2D eigenvalue weighted by molar-refractivity contribution is 5.81. The number of amides is 1. The molecular weight excluding hydrogens is 236 g/mol. The topological polar surface area (TPSA) is 41.1 Å². The smallest absolute Gasteiger partial charge is 0.226 e. The molecule has 0 aromatic heterocycles. The largest absolute Gasteiger partial charge is 0.346 e. The van der Waals surface area contributed by atoms with Gasteiger partial charge in [0, 0.05) is 13.1 Å². The van der Waals surface area contributed by atoms with Gasteiger partial charge in [-0.3, -0.25) is 4.79 Å². The van der Waals surface area contributed by atoms with Crippen molar-refractivity contribution in [2.45, 2.75) is 38.1 Å². The minimum atomic E-state index is -0.112. The van der Waals surface area contributed by atoms with Crippen LogP contribution in [0.1, 0.15) is 36.8 Å². The molecule has 1 saturated carbocycles. The Morgan fingerprint density at radius 2 is 2.05 bits per heavy atom. The van der Waals surface area contributed by atoms with Crippen LogP contribution in [0.5, 0.6) is 0 Å². The number of rotatable bonds is 3. The Bertz CT molecular complexity index is 473. The number of aryl methyl sites for hydroxylation is 1. The van der Waals surface area contributed by atoms with E-state index in [4.69, 9.17) is 0 Å². The van der Waals surface area contributed by atoms with Crippen molar-refractivity contribution in [3.05, 3.63) is 35.4 Å². The lowest BCUT2D eigenvalue weighted by Crippen LogP contribution is -2.55. The Labute approximate surface area is 114 Å². The maximum absolute atomic E-state index is 12.3. The average molecular weight is 258 g/mol. The molecule has 3 heteroatoms. The predicted octanol–water partition coefficient (Wildman–Crippen LogP) is 2.10. The second-order valence-electron chi connectivity index (χ2n) is 6.00. The molecule has 3 nitrogen and oxygen atoms in total. The van der Waals surface area contributed by atoms with Crippen LogP contribution >= 0.6 is 0 Å². The zero-order valence-corrected chi connectivity index (χ0v) is 11.5. The van der Waals surface area contributed by atoms with Crippen LogP contribution in [-0.2, 0) is 10.3 Å². The third-order valence-electron chi connectivity index (χ3n) is 4.54. The van der Waals surface area contributed by atoms with E-state index < -0.39 is 0 Å². The van der Waals surface area contributed by atoms with E-state index in [1.165, 1.54) is 24.0 Å². The van der Waals surface area contributed by atoms with Gasteiger partial charge >= 0.3 is 0 Å². The standard InChI is InChI=1S/C16H22N2O/c1-12-5-4-6-14(9-12)16(7-2-3-8-16)18-15(19)13-10-17-11-13/h4-6,9,13,17H,2-3,7-8,10-11H2,1H3,(H,18,19). The molecule has 19 heavy (non-hydrogen) atoms. The maximum Gasteiger partial charge on any atom is 0.226 e. The summed E-state index contributed by atoms with van der Waals surface area (Å²) in [6.45, 7) is 3.77. The molecule has 1 amide bonds. The summed E-state index contributed by atoms with van der Waals surface area (Å²) in [4.78, 5) is 12.3. The summed E-state index contributed by atoms with van der Waals surface area (Å²) in [7, 11) is 0. The molecule has 2 fully saturated rings. The van der Waals surface area contributed by atoms with Gasteiger partial charge in [0.1, 0.15) is 0 Å². The molecule has 0 unspecified atom stereocenters. The second-order valence-corrected chi connectivity index (χ2v) is 6.00. The van der Waals surface area contributed by atoms with Crippen LogP contribution in [0.25, 0.3) is 0 Å². The lowest BCUT2D eigenvalue weighted by molar-refractivity contribution is -0.128. The third-order valence-corrected chi connectivity index (χ3v) is 4.54. The summed E-state index contributed by atoms with van der Waals surface area (Å²) in [5, 5.41) is 6.53. The van der Waals surface area contributed by atoms with Crippen molar-refractivity contribution < 1.29 is 4.79 Å². The summed E-state index contributed by atoms with van der Waals surface area (Å²) in [5.41, 5.74) is 2.44. The Morgan fingerprint density at radius 1 is 1.32 bits per heavy atom. The van der Waals surface area contributed by atoms with E-state index in [0.29, 0.717) is 0 Å². The molecule has 0 spiro atoms. The molecule has 0 radical (unpaired) electrons. The fraction of sp³-hybridized carbons (Fsp3) is 0.562. The molecular formula is C16H22N2O. The number of carbonyl (C=O) groups excluding carboxylic acids is 1. The van der Waals surface area contributed by atoms with E-state index in [0.717, 1.165) is 25.9 Å². The number of carbonyl (C=O) groups is 1. The van der Waals surface area contributed by atoms with E-state index in [9.17, 15) is 4.79 Å². The third kappa shape index (κ3) is 2.39. The zero-order valence-electron chi connectivity index (χ0n) is 11.5. The molecule has 2 N–H and O–H groups in total. The summed E-state index contributed by atoms with van der Waals surface area (Å²) in [6.07, 6.45) is 4.55.